The SMILES string of the molecule is C[C@H](Sc1ccccc1)C(=O)Nc1ccc(S(N)(=O)=O)cc1. The fraction of sp³-hybridized carbons (Fsp3) is 0.133. The second kappa shape index (κ2) is 6.95. The van der Waals surface area contributed by atoms with Gasteiger partial charge in [0.25, 0.3) is 0 Å². The fourth-order valence-electron chi connectivity index (χ4n) is 1.73. The average molecular weight is 336 g/mol. The van der Waals surface area contributed by atoms with E-state index < -0.39 is 10.0 Å². The molecule has 3 N–H and O–H groups in total. The second-order valence-corrected chi connectivity index (χ2v) is 7.61. The molecule has 2 aromatic carbocycles. The van der Waals surface area contributed by atoms with Gasteiger partial charge in [-0.25, -0.2) is 13.6 Å². The van der Waals surface area contributed by atoms with Crippen molar-refractivity contribution in [2.24, 2.45) is 5.14 Å². The lowest BCUT2D eigenvalue weighted by atomic mass is 10.3. The molecule has 1 amide bonds. The number of hydrogen-bond donors (Lipinski definition) is 2. The highest BCUT2D eigenvalue weighted by Gasteiger charge is 2.15. The minimum absolute atomic E-state index is 0.0113. The van der Waals surface area contributed by atoms with Crippen LogP contribution in [0, 0.1) is 0 Å². The molecule has 2 rings (SSSR count). The molecule has 0 bridgehead atoms. The summed E-state index contributed by atoms with van der Waals surface area (Å²) in [6.45, 7) is 1.81. The predicted molar refractivity (Wildman–Crippen MR) is 88.2 cm³/mol. The van der Waals surface area contributed by atoms with E-state index in [1.54, 1.807) is 0 Å². The maximum atomic E-state index is 12.1. The first kappa shape index (κ1) is 16.5. The molecule has 0 aliphatic rings. The van der Waals surface area contributed by atoms with Crippen LogP contribution >= 0.6 is 11.8 Å². The summed E-state index contributed by atoms with van der Waals surface area (Å²) in [6, 6.07) is 15.4. The van der Waals surface area contributed by atoms with Crippen LogP contribution < -0.4 is 10.5 Å². The van der Waals surface area contributed by atoms with Crippen LogP contribution in [-0.4, -0.2) is 19.6 Å². The van der Waals surface area contributed by atoms with Gasteiger partial charge in [-0.2, -0.15) is 0 Å². The number of amides is 1. The molecule has 0 saturated heterocycles. The van der Waals surface area contributed by atoms with Crippen molar-refractivity contribution in [1.82, 2.24) is 0 Å². The van der Waals surface area contributed by atoms with E-state index in [9.17, 15) is 13.2 Å². The van der Waals surface area contributed by atoms with Gasteiger partial charge in [0.2, 0.25) is 15.9 Å². The molecule has 0 aliphatic heterocycles. The van der Waals surface area contributed by atoms with Crippen molar-refractivity contribution in [1.29, 1.82) is 0 Å². The van der Waals surface area contributed by atoms with Crippen LogP contribution in [0.25, 0.3) is 0 Å². The summed E-state index contributed by atoms with van der Waals surface area (Å²) in [7, 11) is -3.72. The summed E-state index contributed by atoms with van der Waals surface area (Å²) in [4.78, 5) is 13.1. The zero-order chi connectivity index (χ0) is 16.2. The van der Waals surface area contributed by atoms with E-state index in [0.717, 1.165) is 4.90 Å². The van der Waals surface area contributed by atoms with E-state index in [1.165, 1.54) is 36.0 Å². The first-order valence-corrected chi connectivity index (χ1v) is 8.94. The quantitative estimate of drug-likeness (QED) is 0.821. The number of benzene rings is 2. The number of anilines is 1. The third-order valence-corrected chi connectivity index (χ3v) is 4.92. The van der Waals surface area contributed by atoms with Crippen LogP contribution in [0.15, 0.2) is 64.4 Å². The lowest BCUT2D eigenvalue weighted by Gasteiger charge is -2.12. The van der Waals surface area contributed by atoms with Crippen molar-refractivity contribution < 1.29 is 13.2 Å². The average Bonchev–Trinajstić information content (AvgIpc) is 2.48. The Morgan fingerprint density at radius 1 is 1.09 bits per heavy atom. The predicted octanol–water partition coefficient (Wildman–Crippen LogP) is 2.45. The number of nitrogens with two attached hydrogens (primary N) is 1. The Labute approximate surface area is 134 Å². The smallest absolute Gasteiger partial charge is 0.238 e. The molecular formula is C15H16N2O3S2. The minimum Gasteiger partial charge on any atom is -0.325 e. The summed E-state index contributed by atoms with van der Waals surface area (Å²) in [6.07, 6.45) is 0. The first-order valence-electron chi connectivity index (χ1n) is 6.52. The maximum absolute atomic E-state index is 12.1. The molecular weight excluding hydrogens is 320 g/mol. The number of rotatable bonds is 5. The Morgan fingerprint density at radius 3 is 2.23 bits per heavy atom. The minimum atomic E-state index is -3.72. The lowest BCUT2D eigenvalue weighted by Crippen LogP contribution is -2.22. The topological polar surface area (TPSA) is 89.3 Å². The van der Waals surface area contributed by atoms with Gasteiger partial charge in [-0.3, -0.25) is 4.79 Å². The standard InChI is InChI=1S/C15H16N2O3S2/c1-11(21-13-5-3-2-4-6-13)15(18)17-12-7-9-14(10-8-12)22(16,19)20/h2-11H,1H3,(H,17,18)(H2,16,19,20)/t11-/m0/s1. The number of carbonyl (C=O) groups is 1. The molecule has 7 heteroatoms. The molecule has 0 heterocycles. The van der Waals surface area contributed by atoms with Gasteiger partial charge < -0.3 is 5.32 Å². The molecule has 0 saturated carbocycles. The van der Waals surface area contributed by atoms with E-state index in [2.05, 4.69) is 5.32 Å². The molecule has 1 atom stereocenters. The van der Waals surface area contributed by atoms with Gasteiger partial charge in [-0.1, -0.05) is 18.2 Å². The Balaban J connectivity index is 1.99. The normalized spacial score (nSPS) is 12.6. The van der Waals surface area contributed by atoms with E-state index >= 15 is 0 Å². The summed E-state index contributed by atoms with van der Waals surface area (Å²) in [5.74, 6) is -0.155. The number of nitrogens with one attached hydrogen (secondary N) is 1. The molecule has 0 aliphatic carbocycles. The van der Waals surface area contributed by atoms with Gasteiger partial charge in [0, 0.05) is 10.6 Å². The second-order valence-electron chi connectivity index (χ2n) is 4.63. The number of sulfonamides is 1. The van der Waals surface area contributed by atoms with E-state index in [4.69, 9.17) is 5.14 Å². The molecule has 0 unspecified atom stereocenters. The van der Waals surface area contributed by atoms with Gasteiger partial charge >= 0.3 is 0 Å². The molecule has 0 aromatic heterocycles. The van der Waals surface area contributed by atoms with E-state index in [0.29, 0.717) is 5.69 Å². The van der Waals surface area contributed by atoms with Crippen LogP contribution in [0.1, 0.15) is 6.92 Å². The fourth-order valence-corrected chi connectivity index (χ4v) is 3.13. The van der Waals surface area contributed by atoms with E-state index in [1.807, 2.05) is 37.3 Å². The molecule has 116 valence electrons. The number of primary sulfonamides is 1. The van der Waals surface area contributed by atoms with Crippen LogP contribution in [0.4, 0.5) is 5.69 Å². The number of carbonyl (C=O) groups excluding carboxylic acids is 1. The summed E-state index contributed by atoms with van der Waals surface area (Å²) in [5.41, 5.74) is 0.526. The summed E-state index contributed by atoms with van der Waals surface area (Å²) >= 11 is 1.45. The Morgan fingerprint density at radius 2 is 1.68 bits per heavy atom. The molecule has 0 radical (unpaired) electrons. The Bertz CT molecular complexity index is 744. The van der Waals surface area contributed by atoms with Gasteiger partial charge in [-0.15, -0.1) is 11.8 Å². The number of hydrogen-bond acceptors (Lipinski definition) is 4. The maximum Gasteiger partial charge on any atom is 0.238 e. The van der Waals surface area contributed by atoms with Crippen molar-refractivity contribution in [2.45, 2.75) is 22.0 Å². The van der Waals surface area contributed by atoms with Gasteiger partial charge in [0.15, 0.2) is 0 Å². The van der Waals surface area contributed by atoms with Crippen LogP contribution in [0.2, 0.25) is 0 Å². The van der Waals surface area contributed by atoms with Gasteiger partial charge in [0.1, 0.15) is 0 Å². The third kappa shape index (κ3) is 4.59. The van der Waals surface area contributed by atoms with Crippen LogP contribution in [-0.2, 0) is 14.8 Å². The molecule has 0 spiro atoms. The summed E-state index contributed by atoms with van der Waals surface area (Å²) in [5, 5.41) is 7.49. The highest BCUT2D eigenvalue weighted by Crippen LogP contribution is 2.23. The van der Waals surface area contributed by atoms with Crippen molar-refractivity contribution in [3.8, 4) is 0 Å². The highest BCUT2D eigenvalue weighted by molar-refractivity contribution is 8.00. The lowest BCUT2D eigenvalue weighted by molar-refractivity contribution is -0.115. The zero-order valence-corrected chi connectivity index (χ0v) is 13.5. The molecule has 2 aromatic rings. The summed E-state index contributed by atoms with van der Waals surface area (Å²) < 4.78 is 22.3. The Hall–Kier alpha value is -1.83. The highest BCUT2D eigenvalue weighted by atomic mass is 32.2. The molecule has 22 heavy (non-hydrogen) atoms. The van der Waals surface area contributed by atoms with Gasteiger partial charge in [-0.05, 0) is 43.3 Å². The monoisotopic (exact) mass is 336 g/mol. The largest absolute Gasteiger partial charge is 0.325 e. The van der Waals surface area contributed by atoms with Crippen LogP contribution in [0.3, 0.4) is 0 Å². The zero-order valence-electron chi connectivity index (χ0n) is 11.9. The van der Waals surface area contributed by atoms with Crippen molar-refractivity contribution in [3.05, 3.63) is 54.6 Å². The third-order valence-electron chi connectivity index (χ3n) is 2.88. The molecule has 0 fully saturated rings. The number of thioether (sulfide) groups is 1. The van der Waals surface area contributed by atoms with Crippen molar-refractivity contribution in [2.75, 3.05) is 5.32 Å². The van der Waals surface area contributed by atoms with Crippen molar-refractivity contribution in [3.63, 3.8) is 0 Å². The van der Waals surface area contributed by atoms with E-state index in [-0.39, 0.29) is 16.1 Å². The van der Waals surface area contributed by atoms with Crippen LogP contribution in [0.5, 0.6) is 0 Å². The molecule has 5 nitrogen and oxygen atoms in total. The van der Waals surface area contributed by atoms with Gasteiger partial charge in [0.05, 0.1) is 10.1 Å². The Kier molecular flexibility index (Phi) is 5.23. The first-order chi connectivity index (χ1) is 10.4. The van der Waals surface area contributed by atoms with Crippen molar-refractivity contribution >= 4 is 33.4 Å².